The third kappa shape index (κ3) is 5.55. The Morgan fingerprint density at radius 2 is 1.48 bits per heavy atom. The van der Waals surface area contributed by atoms with Gasteiger partial charge in [0.05, 0.1) is 29.8 Å². The van der Waals surface area contributed by atoms with Gasteiger partial charge in [0.2, 0.25) is 0 Å². The molecule has 0 N–H and O–H groups in total. The van der Waals surface area contributed by atoms with Gasteiger partial charge in [-0.2, -0.15) is 13.2 Å². The Labute approximate surface area is 239 Å². The lowest BCUT2D eigenvalue weighted by molar-refractivity contribution is -0.240. The molecule has 4 saturated carbocycles. The molecule has 0 aromatic carbocycles. The van der Waals surface area contributed by atoms with Crippen LogP contribution in [0.5, 0.6) is 0 Å². The number of fused-ring (bicyclic) bond motifs is 3. The SMILES string of the molecule is COC1CCC(C2(C3CCC(OC)C(C(F)(F)F)C3)C=CC3C(CC(N4CCCCC4)C4CCCCC34)O2)CC1. The molecule has 2 heterocycles. The zero-order valence-corrected chi connectivity index (χ0v) is 24.8. The van der Waals surface area contributed by atoms with Crippen molar-refractivity contribution >= 4 is 0 Å². The van der Waals surface area contributed by atoms with Gasteiger partial charge in [-0.1, -0.05) is 31.4 Å². The topological polar surface area (TPSA) is 30.9 Å². The Hall–Kier alpha value is -0.630. The van der Waals surface area contributed by atoms with Gasteiger partial charge in [-0.3, -0.25) is 0 Å². The summed E-state index contributed by atoms with van der Waals surface area (Å²) in [5.41, 5.74) is -0.615. The first kappa shape index (κ1) is 29.4. The lowest BCUT2D eigenvalue weighted by Gasteiger charge is -2.59. The molecule has 6 rings (SSSR count). The predicted molar refractivity (Wildman–Crippen MR) is 150 cm³/mol. The average molecular weight is 568 g/mol. The van der Waals surface area contributed by atoms with E-state index in [9.17, 15) is 13.2 Å². The molecule has 4 nitrogen and oxygen atoms in total. The first-order valence-corrected chi connectivity index (χ1v) is 16.6. The van der Waals surface area contributed by atoms with Crippen molar-refractivity contribution in [1.29, 1.82) is 0 Å². The van der Waals surface area contributed by atoms with Crippen molar-refractivity contribution < 1.29 is 27.4 Å². The number of hydrogen-bond donors (Lipinski definition) is 0. The summed E-state index contributed by atoms with van der Waals surface area (Å²) >= 11 is 0. The van der Waals surface area contributed by atoms with Crippen molar-refractivity contribution in [3.05, 3.63) is 12.2 Å². The van der Waals surface area contributed by atoms with Crippen LogP contribution in [0.15, 0.2) is 12.2 Å². The Morgan fingerprint density at radius 1 is 0.775 bits per heavy atom. The minimum Gasteiger partial charge on any atom is -0.381 e. The number of piperidine rings is 1. The zero-order valence-electron chi connectivity index (χ0n) is 24.8. The van der Waals surface area contributed by atoms with Crippen LogP contribution in [0.25, 0.3) is 0 Å². The summed E-state index contributed by atoms with van der Waals surface area (Å²) in [6.07, 6.45) is 15.5. The third-order valence-corrected chi connectivity index (χ3v) is 12.4. The molecule has 2 aliphatic heterocycles. The first-order chi connectivity index (χ1) is 19.3. The quantitative estimate of drug-likeness (QED) is 0.321. The van der Waals surface area contributed by atoms with E-state index in [1.807, 2.05) is 0 Å². The van der Waals surface area contributed by atoms with E-state index in [1.54, 1.807) is 7.11 Å². The van der Waals surface area contributed by atoms with Gasteiger partial charge in [0, 0.05) is 26.2 Å². The normalized spacial score (nSPS) is 46.9. The number of hydrogen-bond acceptors (Lipinski definition) is 4. The molecule has 0 aromatic rings. The molecular weight excluding hydrogens is 515 g/mol. The van der Waals surface area contributed by atoms with Crippen molar-refractivity contribution in [3.63, 3.8) is 0 Å². The second kappa shape index (κ2) is 12.2. The fourth-order valence-electron chi connectivity index (χ4n) is 10.3. The summed E-state index contributed by atoms with van der Waals surface area (Å²) in [5.74, 6) is 0.468. The van der Waals surface area contributed by atoms with Crippen LogP contribution in [-0.2, 0) is 14.2 Å². The first-order valence-electron chi connectivity index (χ1n) is 16.6. The van der Waals surface area contributed by atoms with E-state index < -0.39 is 23.8 Å². The number of rotatable bonds is 5. The maximum atomic E-state index is 14.3. The Morgan fingerprint density at radius 3 is 2.15 bits per heavy atom. The smallest absolute Gasteiger partial charge is 0.381 e. The molecule has 228 valence electrons. The maximum absolute atomic E-state index is 14.3. The standard InChI is InChI=1S/C33H52F3NO3/c1-38-24-13-10-22(11-14-24)32(23-12-15-30(39-2)28(20-23)33(34,35)36)17-16-27-25-8-4-5-9-26(25)29(21-31(27)40-32)37-18-6-3-7-19-37/h16-17,22-31H,3-15,18-21H2,1-2H3. The molecule has 4 aliphatic carbocycles. The molecule has 0 bridgehead atoms. The summed E-state index contributed by atoms with van der Waals surface area (Å²) in [5, 5.41) is 0. The van der Waals surface area contributed by atoms with Crippen LogP contribution in [0, 0.1) is 35.5 Å². The summed E-state index contributed by atoms with van der Waals surface area (Å²) in [6.45, 7) is 2.39. The highest BCUT2D eigenvalue weighted by Gasteiger charge is 2.58. The van der Waals surface area contributed by atoms with E-state index in [4.69, 9.17) is 14.2 Å². The van der Waals surface area contributed by atoms with Crippen LogP contribution in [0.1, 0.15) is 96.3 Å². The van der Waals surface area contributed by atoms with Crippen LogP contribution in [0.4, 0.5) is 13.2 Å². The minimum absolute atomic E-state index is 0.107. The van der Waals surface area contributed by atoms with Crippen molar-refractivity contribution in [2.45, 2.75) is 132 Å². The van der Waals surface area contributed by atoms with E-state index >= 15 is 0 Å². The van der Waals surface area contributed by atoms with Gasteiger partial charge in [-0.15, -0.1) is 0 Å². The minimum atomic E-state index is -4.26. The van der Waals surface area contributed by atoms with Gasteiger partial charge in [0.1, 0.15) is 0 Å². The van der Waals surface area contributed by atoms with Gasteiger partial charge >= 0.3 is 6.18 Å². The summed E-state index contributed by atoms with van der Waals surface area (Å²) in [4.78, 5) is 2.78. The van der Waals surface area contributed by atoms with Gasteiger partial charge in [0.25, 0.3) is 0 Å². The number of methoxy groups -OCH3 is 2. The zero-order chi connectivity index (χ0) is 27.9. The van der Waals surface area contributed by atoms with Crippen molar-refractivity contribution in [2.24, 2.45) is 35.5 Å². The van der Waals surface area contributed by atoms with Crippen molar-refractivity contribution in [3.8, 4) is 0 Å². The molecule has 9 atom stereocenters. The lowest BCUT2D eigenvalue weighted by Crippen LogP contribution is -2.61. The van der Waals surface area contributed by atoms with Gasteiger partial charge in [0.15, 0.2) is 0 Å². The van der Waals surface area contributed by atoms with Crippen LogP contribution in [0.2, 0.25) is 0 Å². The molecule has 0 amide bonds. The molecule has 7 heteroatoms. The highest BCUT2D eigenvalue weighted by atomic mass is 19.4. The van der Waals surface area contributed by atoms with Crippen LogP contribution < -0.4 is 0 Å². The van der Waals surface area contributed by atoms with E-state index in [0.717, 1.165) is 44.4 Å². The third-order valence-electron chi connectivity index (χ3n) is 12.4. The highest BCUT2D eigenvalue weighted by molar-refractivity contribution is 5.20. The molecule has 5 fully saturated rings. The summed E-state index contributed by atoms with van der Waals surface area (Å²) < 4.78 is 61.6. The molecule has 0 spiro atoms. The summed E-state index contributed by atoms with van der Waals surface area (Å²) in [7, 11) is 3.22. The monoisotopic (exact) mass is 567 g/mol. The van der Waals surface area contributed by atoms with Crippen molar-refractivity contribution in [1.82, 2.24) is 4.90 Å². The van der Waals surface area contributed by atoms with Gasteiger partial charge < -0.3 is 19.1 Å². The van der Waals surface area contributed by atoms with Crippen LogP contribution in [-0.4, -0.2) is 68.3 Å². The fraction of sp³-hybridized carbons (Fsp3) is 0.939. The number of nitrogens with zero attached hydrogens (tertiary/aromatic N) is 1. The number of halogens is 3. The molecular formula is C33H52F3NO3. The predicted octanol–water partition coefficient (Wildman–Crippen LogP) is 7.56. The van der Waals surface area contributed by atoms with Crippen LogP contribution in [0.3, 0.4) is 0 Å². The van der Waals surface area contributed by atoms with Crippen LogP contribution >= 0.6 is 0 Å². The Kier molecular flexibility index (Phi) is 8.95. The van der Waals surface area contributed by atoms with E-state index in [0.29, 0.717) is 24.3 Å². The molecule has 40 heavy (non-hydrogen) atoms. The lowest BCUT2D eigenvalue weighted by atomic mass is 9.58. The molecule has 0 radical (unpaired) electrons. The van der Waals surface area contributed by atoms with E-state index in [-0.39, 0.29) is 30.5 Å². The second-order valence-corrected chi connectivity index (χ2v) is 14.1. The number of ether oxygens (including phenoxy) is 3. The Bertz CT molecular complexity index is 867. The molecule has 9 unspecified atom stereocenters. The van der Waals surface area contributed by atoms with Crippen molar-refractivity contribution in [2.75, 3.05) is 27.3 Å². The summed E-state index contributed by atoms with van der Waals surface area (Å²) in [6, 6.07) is 0.562. The van der Waals surface area contributed by atoms with Gasteiger partial charge in [-0.25, -0.2) is 0 Å². The Balaban J connectivity index is 1.32. The van der Waals surface area contributed by atoms with E-state index in [2.05, 4.69) is 17.1 Å². The van der Waals surface area contributed by atoms with Gasteiger partial charge in [-0.05, 0) is 114 Å². The largest absolute Gasteiger partial charge is 0.394 e. The molecule has 6 aliphatic rings. The highest BCUT2D eigenvalue weighted by Crippen LogP contribution is 2.56. The average Bonchev–Trinajstić information content (AvgIpc) is 3.00. The molecule has 1 saturated heterocycles. The van der Waals surface area contributed by atoms with E-state index in [1.165, 1.54) is 65.1 Å². The fourth-order valence-corrected chi connectivity index (χ4v) is 10.3. The maximum Gasteiger partial charge on any atom is 0.394 e. The number of likely N-dealkylation sites (tertiary alicyclic amines) is 1. The second-order valence-electron chi connectivity index (χ2n) is 14.1. The molecule has 0 aromatic heterocycles. The number of alkyl halides is 3.